The number of hydrogen-bond donors (Lipinski definition) is 1. The molecule has 1 nitrogen and oxygen atoms in total. The Morgan fingerprint density at radius 1 is 0.632 bits per heavy atom. The van der Waals surface area contributed by atoms with Gasteiger partial charge in [-0.15, -0.1) is 0 Å². The lowest BCUT2D eigenvalue weighted by Crippen LogP contribution is -2.19. The van der Waals surface area contributed by atoms with Gasteiger partial charge in [0, 0.05) is 6.04 Å². The second-order valence-electron chi connectivity index (χ2n) is 6.28. The van der Waals surface area contributed by atoms with Crippen molar-refractivity contribution in [3.8, 4) is 0 Å². The van der Waals surface area contributed by atoms with E-state index in [-0.39, 0.29) is 0 Å². The van der Waals surface area contributed by atoms with Gasteiger partial charge in [0.05, 0.1) is 0 Å². The summed E-state index contributed by atoms with van der Waals surface area (Å²) in [6.07, 6.45) is 17.6. The summed E-state index contributed by atoms with van der Waals surface area (Å²) in [4.78, 5) is 0. The van der Waals surface area contributed by atoms with Crippen molar-refractivity contribution < 1.29 is 0 Å². The number of nitrogens with two attached hydrogens (primary N) is 1. The summed E-state index contributed by atoms with van der Waals surface area (Å²) >= 11 is 0. The van der Waals surface area contributed by atoms with Crippen LogP contribution < -0.4 is 5.73 Å². The van der Waals surface area contributed by atoms with E-state index in [1.807, 2.05) is 0 Å². The first kappa shape index (κ1) is 19.0. The van der Waals surface area contributed by atoms with Gasteiger partial charge >= 0.3 is 0 Å². The molecule has 0 aromatic carbocycles. The molecule has 0 aliphatic heterocycles. The molecular formula is C18H39N. The standard InChI is InChI=1S/C18H39N/c1-4-7-8-9-10-11-15-18(19)16-13-12-14-17(5-2)6-3/h17-18H,4-16,19H2,1-3H3. The molecule has 1 atom stereocenters. The van der Waals surface area contributed by atoms with Crippen molar-refractivity contribution in [2.75, 3.05) is 0 Å². The van der Waals surface area contributed by atoms with Crippen LogP contribution in [0.3, 0.4) is 0 Å². The maximum Gasteiger partial charge on any atom is 0.00388 e. The van der Waals surface area contributed by atoms with Gasteiger partial charge in [-0.3, -0.25) is 0 Å². The molecule has 0 saturated heterocycles. The van der Waals surface area contributed by atoms with Crippen LogP contribution in [0, 0.1) is 5.92 Å². The SMILES string of the molecule is CCCCCCCCC(N)CCCCC(CC)CC. The van der Waals surface area contributed by atoms with Crippen LogP contribution in [0.2, 0.25) is 0 Å². The van der Waals surface area contributed by atoms with E-state index >= 15 is 0 Å². The third-order valence-electron chi connectivity index (χ3n) is 4.52. The van der Waals surface area contributed by atoms with Crippen molar-refractivity contribution in [3.63, 3.8) is 0 Å². The number of rotatable bonds is 14. The summed E-state index contributed by atoms with van der Waals surface area (Å²) in [6.45, 7) is 6.91. The number of unbranched alkanes of at least 4 members (excludes halogenated alkanes) is 6. The Morgan fingerprint density at radius 3 is 1.68 bits per heavy atom. The fourth-order valence-corrected chi connectivity index (χ4v) is 2.87. The first-order valence-electron chi connectivity index (χ1n) is 9.00. The highest BCUT2D eigenvalue weighted by atomic mass is 14.6. The third-order valence-corrected chi connectivity index (χ3v) is 4.52. The van der Waals surface area contributed by atoms with Crippen molar-refractivity contribution in [2.24, 2.45) is 11.7 Å². The van der Waals surface area contributed by atoms with Gasteiger partial charge in [-0.25, -0.2) is 0 Å². The highest BCUT2D eigenvalue weighted by molar-refractivity contribution is 4.63. The van der Waals surface area contributed by atoms with Gasteiger partial charge in [0.25, 0.3) is 0 Å². The zero-order valence-electron chi connectivity index (χ0n) is 13.9. The fraction of sp³-hybridized carbons (Fsp3) is 1.00. The van der Waals surface area contributed by atoms with Gasteiger partial charge < -0.3 is 5.73 Å². The normalized spacial score (nSPS) is 13.1. The first-order valence-corrected chi connectivity index (χ1v) is 9.00. The summed E-state index contributed by atoms with van der Waals surface area (Å²) < 4.78 is 0. The maximum atomic E-state index is 6.20. The van der Waals surface area contributed by atoms with Gasteiger partial charge in [0.15, 0.2) is 0 Å². The zero-order chi connectivity index (χ0) is 14.3. The molecule has 0 heterocycles. The Morgan fingerprint density at radius 2 is 1.11 bits per heavy atom. The lowest BCUT2D eigenvalue weighted by molar-refractivity contribution is 0.416. The van der Waals surface area contributed by atoms with Crippen molar-refractivity contribution in [3.05, 3.63) is 0 Å². The zero-order valence-corrected chi connectivity index (χ0v) is 13.9. The van der Waals surface area contributed by atoms with Gasteiger partial charge in [-0.05, 0) is 18.8 Å². The molecule has 0 aliphatic carbocycles. The summed E-state index contributed by atoms with van der Waals surface area (Å²) in [5.41, 5.74) is 6.20. The molecule has 0 fully saturated rings. The second kappa shape index (κ2) is 14.4. The van der Waals surface area contributed by atoms with E-state index in [0.717, 1.165) is 5.92 Å². The molecule has 2 N–H and O–H groups in total. The minimum atomic E-state index is 0.466. The average Bonchev–Trinajstić information content (AvgIpc) is 2.43. The molecule has 0 spiro atoms. The van der Waals surface area contributed by atoms with Crippen molar-refractivity contribution in [1.29, 1.82) is 0 Å². The molecule has 0 aromatic heterocycles. The lowest BCUT2D eigenvalue weighted by atomic mass is 9.94. The van der Waals surface area contributed by atoms with Gasteiger partial charge in [-0.1, -0.05) is 91.4 Å². The van der Waals surface area contributed by atoms with Gasteiger partial charge in [0.2, 0.25) is 0 Å². The Kier molecular flexibility index (Phi) is 14.3. The van der Waals surface area contributed by atoms with E-state index in [1.165, 1.54) is 83.5 Å². The van der Waals surface area contributed by atoms with E-state index in [0.29, 0.717) is 6.04 Å². The molecule has 0 rings (SSSR count). The topological polar surface area (TPSA) is 26.0 Å². The van der Waals surface area contributed by atoms with Crippen molar-refractivity contribution >= 4 is 0 Å². The predicted octanol–water partition coefficient (Wildman–Crippen LogP) is 6.06. The molecule has 19 heavy (non-hydrogen) atoms. The molecule has 0 saturated carbocycles. The Labute approximate surface area is 122 Å². The summed E-state index contributed by atoms with van der Waals surface area (Å²) in [7, 11) is 0. The van der Waals surface area contributed by atoms with E-state index in [1.54, 1.807) is 0 Å². The third kappa shape index (κ3) is 12.7. The van der Waals surface area contributed by atoms with Crippen LogP contribution in [0.4, 0.5) is 0 Å². The second-order valence-corrected chi connectivity index (χ2v) is 6.28. The van der Waals surface area contributed by atoms with E-state index in [9.17, 15) is 0 Å². The van der Waals surface area contributed by atoms with Crippen LogP contribution in [0.1, 0.15) is 104 Å². The van der Waals surface area contributed by atoms with E-state index < -0.39 is 0 Å². The van der Waals surface area contributed by atoms with Crippen LogP contribution in [0.15, 0.2) is 0 Å². The molecule has 1 unspecified atom stereocenters. The Bertz CT molecular complexity index is 163. The average molecular weight is 270 g/mol. The number of hydrogen-bond acceptors (Lipinski definition) is 1. The fourth-order valence-electron chi connectivity index (χ4n) is 2.87. The monoisotopic (exact) mass is 269 g/mol. The van der Waals surface area contributed by atoms with Crippen molar-refractivity contribution in [1.82, 2.24) is 0 Å². The smallest absolute Gasteiger partial charge is 0.00388 e. The highest BCUT2D eigenvalue weighted by Crippen LogP contribution is 2.18. The molecule has 0 bridgehead atoms. The van der Waals surface area contributed by atoms with Gasteiger partial charge in [0.1, 0.15) is 0 Å². The molecular weight excluding hydrogens is 230 g/mol. The highest BCUT2D eigenvalue weighted by Gasteiger charge is 2.05. The molecule has 0 aromatic rings. The quantitative estimate of drug-likeness (QED) is 0.381. The molecule has 1 heteroatoms. The summed E-state index contributed by atoms with van der Waals surface area (Å²) in [6, 6.07) is 0.466. The van der Waals surface area contributed by atoms with Crippen LogP contribution in [-0.2, 0) is 0 Å². The van der Waals surface area contributed by atoms with Crippen LogP contribution >= 0.6 is 0 Å². The summed E-state index contributed by atoms with van der Waals surface area (Å²) in [5, 5.41) is 0. The molecule has 0 radical (unpaired) electrons. The molecule has 116 valence electrons. The minimum absolute atomic E-state index is 0.466. The Balaban J connectivity index is 3.27. The van der Waals surface area contributed by atoms with E-state index in [4.69, 9.17) is 5.73 Å². The minimum Gasteiger partial charge on any atom is -0.328 e. The van der Waals surface area contributed by atoms with Crippen molar-refractivity contribution in [2.45, 2.75) is 110 Å². The molecule has 0 aliphatic rings. The lowest BCUT2D eigenvalue weighted by Gasteiger charge is -2.14. The Hall–Kier alpha value is -0.0400. The maximum absolute atomic E-state index is 6.20. The van der Waals surface area contributed by atoms with Gasteiger partial charge in [-0.2, -0.15) is 0 Å². The van der Waals surface area contributed by atoms with Crippen LogP contribution in [0.5, 0.6) is 0 Å². The van der Waals surface area contributed by atoms with Crippen LogP contribution in [0.25, 0.3) is 0 Å². The predicted molar refractivity (Wildman–Crippen MR) is 88.5 cm³/mol. The first-order chi connectivity index (χ1) is 9.24. The molecule has 0 amide bonds. The largest absolute Gasteiger partial charge is 0.328 e. The summed E-state index contributed by atoms with van der Waals surface area (Å²) in [5.74, 6) is 0.954. The van der Waals surface area contributed by atoms with Crippen LogP contribution in [-0.4, -0.2) is 6.04 Å². The van der Waals surface area contributed by atoms with E-state index in [2.05, 4.69) is 20.8 Å².